The summed E-state index contributed by atoms with van der Waals surface area (Å²) >= 11 is 0. The summed E-state index contributed by atoms with van der Waals surface area (Å²) in [5, 5.41) is 0. The molecule has 0 aromatic heterocycles. The molecule has 0 aromatic carbocycles. The molecule has 31 heavy (non-hydrogen) atoms. The maximum Gasteiger partial charge on any atom is 0.305 e. The Morgan fingerprint density at radius 3 is 2.45 bits per heavy atom. The molecule has 0 aliphatic heterocycles. The van der Waals surface area contributed by atoms with Gasteiger partial charge in [0.25, 0.3) is 0 Å². The quantitative estimate of drug-likeness (QED) is 0.438. The SMILES string of the molecule is CCCC[C@@H]1C(=O)C[C@@H]2[C@H](CC[C@]3(C)[C@@H](OC(C)(C)C)CC[C@@H]23)[C@@]1(C)CCC(=O)OC. The highest BCUT2D eigenvalue weighted by atomic mass is 16.5. The Morgan fingerprint density at radius 2 is 1.84 bits per heavy atom. The maximum absolute atomic E-state index is 13.5. The van der Waals surface area contributed by atoms with Crippen LogP contribution in [0.5, 0.6) is 0 Å². The van der Waals surface area contributed by atoms with E-state index in [2.05, 4.69) is 41.5 Å². The van der Waals surface area contributed by atoms with E-state index >= 15 is 0 Å². The molecule has 0 aromatic rings. The van der Waals surface area contributed by atoms with Crippen molar-refractivity contribution in [2.24, 2.45) is 34.5 Å². The van der Waals surface area contributed by atoms with Crippen LogP contribution in [-0.2, 0) is 19.1 Å². The normalized spacial score (nSPS) is 40.4. The molecule has 0 bridgehead atoms. The molecule has 4 heteroatoms. The van der Waals surface area contributed by atoms with E-state index in [1.54, 1.807) is 0 Å². The molecule has 178 valence electrons. The summed E-state index contributed by atoms with van der Waals surface area (Å²) in [7, 11) is 1.47. The molecule has 3 rings (SSSR count). The molecule has 0 spiro atoms. The number of methoxy groups -OCH3 is 1. The summed E-state index contributed by atoms with van der Waals surface area (Å²) in [6.07, 6.45) is 9.96. The number of Topliss-reactive ketones (excluding diaryl/α,β-unsaturated/α-hetero) is 1. The highest BCUT2D eigenvalue weighted by Crippen LogP contribution is 2.65. The molecule has 0 heterocycles. The Hall–Kier alpha value is -0.900. The first-order chi connectivity index (χ1) is 14.5. The minimum Gasteiger partial charge on any atom is -0.469 e. The fraction of sp³-hybridized carbons (Fsp3) is 0.926. The van der Waals surface area contributed by atoms with Crippen molar-refractivity contribution < 1.29 is 19.1 Å². The summed E-state index contributed by atoms with van der Waals surface area (Å²) in [5.41, 5.74) is -0.0794. The fourth-order valence-electron chi connectivity index (χ4n) is 7.70. The van der Waals surface area contributed by atoms with Gasteiger partial charge in [-0.15, -0.1) is 0 Å². The first-order valence-electron chi connectivity index (χ1n) is 12.7. The van der Waals surface area contributed by atoms with E-state index in [0.717, 1.165) is 44.9 Å². The van der Waals surface area contributed by atoms with E-state index in [1.165, 1.54) is 20.0 Å². The van der Waals surface area contributed by atoms with Crippen LogP contribution in [0.4, 0.5) is 0 Å². The van der Waals surface area contributed by atoms with Crippen LogP contribution in [0, 0.1) is 34.5 Å². The topological polar surface area (TPSA) is 52.6 Å². The van der Waals surface area contributed by atoms with Gasteiger partial charge in [-0.2, -0.15) is 0 Å². The Balaban J connectivity index is 1.88. The van der Waals surface area contributed by atoms with E-state index in [1.807, 2.05) is 0 Å². The number of hydrogen-bond acceptors (Lipinski definition) is 4. The van der Waals surface area contributed by atoms with E-state index in [4.69, 9.17) is 9.47 Å². The molecule has 0 amide bonds. The highest BCUT2D eigenvalue weighted by Gasteiger charge is 2.61. The summed E-state index contributed by atoms with van der Waals surface area (Å²) in [6.45, 7) is 13.4. The molecule has 3 aliphatic rings. The van der Waals surface area contributed by atoms with Crippen LogP contribution in [0.15, 0.2) is 0 Å². The lowest BCUT2D eigenvalue weighted by atomic mass is 9.46. The van der Waals surface area contributed by atoms with Gasteiger partial charge in [-0.1, -0.05) is 33.6 Å². The third-order valence-corrected chi connectivity index (χ3v) is 9.26. The van der Waals surface area contributed by atoms with Crippen LogP contribution in [0.3, 0.4) is 0 Å². The second kappa shape index (κ2) is 9.15. The third-order valence-electron chi connectivity index (χ3n) is 9.26. The molecule has 0 unspecified atom stereocenters. The Bertz CT molecular complexity index is 665. The molecule has 7 atom stereocenters. The summed E-state index contributed by atoms with van der Waals surface area (Å²) in [5.74, 6) is 1.89. The van der Waals surface area contributed by atoms with Crippen LogP contribution in [0.2, 0.25) is 0 Å². The highest BCUT2D eigenvalue weighted by molar-refractivity contribution is 5.83. The summed E-state index contributed by atoms with van der Waals surface area (Å²) in [6, 6.07) is 0. The molecule has 4 nitrogen and oxygen atoms in total. The number of hydrogen-bond donors (Lipinski definition) is 0. The Morgan fingerprint density at radius 1 is 1.13 bits per heavy atom. The average Bonchev–Trinajstić information content (AvgIpc) is 3.01. The molecule has 3 saturated carbocycles. The van der Waals surface area contributed by atoms with E-state index in [0.29, 0.717) is 30.0 Å². The lowest BCUT2D eigenvalue weighted by molar-refractivity contribution is -0.165. The van der Waals surface area contributed by atoms with Gasteiger partial charge in [-0.05, 0) is 87.9 Å². The predicted octanol–water partition coefficient (Wildman–Crippen LogP) is 6.35. The molecule has 0 radical (unpaired) electrons. The molecule has 3 aliphatic carbocycles. The summed E-state index contributed by atoms with van der Waals surface area (Å²) < 4.78 is 11.5. The van der Waals surface area contributed by atoms with Crippen LogP contribution in [-0.4, -0.2) is 30.6 Å². The van der Waals surface area contributed by atoms with Crippen LogP contribution in [0.1, 0.15) is 106 Å². The number of carbonyl (C=O) groups is 2. The van der Waals surface area contributed by atoms with E-state index in [9.17, 15) is 9.59 Å². The first-order valence-corrected chi connectivity index (χ1v) is 12.7. The second-order valence-corrected chi connectivity index (χ2v) is 12.2. The van der Waals surface area contributed by atoms with Crippen molar-refractivity contribution in [1.29, 1.82) is 0 Å². The predicted molar refractivity (Wildman–Crippen MR) is 124 cm³/mol. The van der Waals surface area contributed by atoms with Crippen molar-refractivity contribution in [3.63, 3.8) is 0 Å². The van der Waals surface area contributed by atoms with Gasteiger partial charge in [0.15, 0.2) is 0 Å². The van der Waals surface area contributed by atoms with Crippen molar-refractivity contribution >= 4 is 11.8 Å². The maximum atomic E-state index is 13.5. The standard InChI is InChI=1S/C27H46O4/c1-8-9-10-21-22(28)17-18-19-11-12-23(31-25(2,3)4)27(19,6)15-13-20(18)26(21,5)16-14-24(29)30-7/h18-21,23H,8-17H2,1-7H3/t18-,19-,20-,21+,23-,26+,27-/m0/s1. The molecule has 0 saturated heterocycles. The fourth-order valence-corrected chi connectivity index (χ4v) is 7.70. The monoisotopic (exact) mass is 434 g/mol. The van der Waals surface area contributed by atoms with Crippen molar-refractivity contribution in [2.45, 2.75) is 117 Å². The molecular weight excluding hydrogens is 388 g/mol. The zero-order valence-corrected chi connectivity index (χ0v) is 21.1. The third kappa shape index (κ3) is 4.75. The van der Waals surface area contributed by atoms with Gasteiger partial charge in [0.1, 0.15) is 5.78 Å². The van der Waals surface area contributed by atoms with Crippen LogP contribution < -0.4 is 0 Å². The largest absolute Gasteiger partial charge is 0.469 e. The van der Waals surface area contributed by atoms with Crippen molar-refractivity contribution in [2.75, 3.05) is 7.11 Å². The van der Waals surface area contributed by atoms with Gasteiger partial charge in [-0.25, -0.2) is 0 Å². The van der Waals surface area contributed by atoms with Crippen molar-refractivity contribution in [1.82, 2.24) is 0 Å². The lowest BCUT2D eigenvalue weighted by Gasteiger charge is -2.58. The van der Waals surface area contributed by atoms with Gasteiger partial charge in [-0.3, -0.25) is 9.59 Å². The van der Waals surface area contributed by atoms with E-state index in [-0.39, 0.29) is 34.4 Å². The van der Waals surface area contributed by atoms with Crippen LogP contribution in [0.25, 0.3) is 0 Å². The smallest absolute Gasteiger partial charge is 0.305 e. The van der Waals surface area contributed by atoms with Gasteiger partial charge in [0, 0.05) is 18.8 Å². The molecule has 0 N–H and O–H groups in total. The average molecular weight is 435 g/mol. The number of ketones is 1. The van der Waals surface area contributed by atoms with Crippen molar-refractivity contribution in [3.8, 4) is 0 Å². The van der Waals surface area contributed by atoms with E-state index < -0.39 is 0 Å². The summed E-state index contributed by atoms with van der Waals surface area (Å²) in [4.78, 5) is 25.6. The first kappa shape index (κ1) is 24.7. The number of carbonyl (C=O) groups excluding carboxylic acids is 2. The molecular formula is C27H46O4. The van der Waals surface area contributed by atoms with Gasteiger partial charge in [0.05, 0.1) is 18.8 Å². The Kier molecular flexibility index (Phi) is 7.30. The van der Waals surface area contributed by atoms with Crippen LogP contribution >= 0.6 is 0 Å². The van der Waals surface area contributed by atoms with Gasteiger partial charge >= 0.3 is 5.97 Å². The Labute approximate surface area is 190 Å². The number of unbranched alkanes of at least 4 members (excludes halogenated alkanes) is 1. The lowest BCUT2D eigenvalue weighted by Crippen LogP contribution is -2.56. The van der Waals surface area contributed by atoms with Gasteiger partial charge < -0.3 is 9.47 Å². The second-order valence-electron chi connectivity index (χ2n) is 12.2. The minimum atomic E-state index is -0.148. The zero-order valence-electron chi connectivity index (χ0n) is 21.1. The number of esters is 1. The van der Waals surface area contributed by atoms with Crippen molar-refractivity contribution in [3.05, 3.63) is 0 Å². The zero-order chi connectivity index (χ0) is 23.0. The number of rotatable bonds is 7. The minimum absolute atomic E-state index is 0.0886. The molecule has 3 fully saturated rings. The van der Waals surface area contributed by atoms with Gasteiger partial charge in [0.2, 0.25) is 0 Å². The number of fused-ring (bicyclic) bond motifs is 3. The number of ether oxygens (including phenoxy) is 2.